The zero-order valence-electron chi connectivity index (χ0n) is 8.64. The lowest BCUT2D eigenvalue weighted by atomic mass is 10.3. The van der Waals surface area contributed by atoms with E-state index in [0.717, 1.165) is 17.1 Å². The van der Waals surface area contributed by atoms with Crippen molar-refractivity contribution in [3.05, 3.63) is 16.1 Å². The second-order valence-electron chi connectivity index (χ2n) is 3.81. The highest BCUT2D eigenvalue weighted by atomic mass is 32.1. The third-order valence-electron chi connectivity index (χ3n) is 2.50. The standard InChI is InChI=1S/C10H14N2O2S/c1-7-11-8(6-15-7)2-3-12-5-9(13)4-10(12)14/h6,9,13H,2-5H2,1H3. The Balaban J connectivity index is 1.86. The number of carbonyl (C=O) groups excluding carboxylic acids is 1. The van der Waals surface area contributed by atoms with Crippen LogP contribution in [-0.4, -0.2) is 40.1 Å². The number of nitrogens with zero attached hydrogens (tertiary/aromatic N) is 2. The van der Waals surface area contributed by atoms with E-state index in [1.165, 1.54) is 0 Å². The highest BCUT2D eigenvalue weighted by molar-refractivity contribution is 7.09. The first-order valence-corrected chi connectivity index (χ1v) is 5.90. The molecule has 15 heavy (non-hydrogen) atoms. The fraction of sp³-hybridized carbons (Fsp3) is 0.600. The van der Waals surface area contributed by atoms with Gasteiger partial charge in [-0.3, -0.25) is 4.79 Å². The van der Waals surface area contributed by atoms with Crippen LogP contribution in [0, 0.1) is 6.92 Å². The lowest BCUT2D eigenvalue weighted by molar-refractivity contribution is -0.127. The summed E-state index contributed by atoms with van der Waals surface area (Å²) in [5.41, 5.74) is 1.03. The first kappa shape index (κ1) is 10.6. The fourth-order valence-corrected chi connectivity index (χ4v) is 2.39. The smallest absolute Gasteiger partial charge is 0.225 e. The van der Waals surface area contributed by atoms with Crippen LogP contribution in [0.3, 0.4) is 0 Å². The van der Waals surface area contributed by atoms with E-state index >= 15 is 0 Å². The minimum Gasteiger partial charge on any atom is -0.391 e. The molecular formula is C10H14N2O2S. The lowest BCUT2D eigenvalue weighted by Crippen LogP contribution is -2.28. The molecule has 0 radical (unpaired) electrons. The number of hydrogen-bond acceptors (Lipinski definition) is 4. The van der Waals surface area contributed by atoms with Crippen molar-refractivity contribution in [3.8, 4) is 0 Å². The first-order chi connectivity index (χ1) is 7.15. The van der Waals surface area contributed by atoms with Crippen LogP contribution in [0.4, 0.5) is 0 Å². The molecule has 0 aromatic carbocycles. The third kappa shape index (κ3) is 2.54. The molecule has 2 heterocycles. The number of aliphatic hydroxyl groups excluding tert-OH is 1. The molecule has 1 atom stereocenters. The molecule has 1 aliphatic rings. The number of likely N-dealkylation sites (tertiary alicyclic amines) is 1. The molecule has 1 aliphatic heterocycles. The van der Waals surface area contributed by atoms with Gasteiger partial charge >= 0.3 is 0 Å². The van der Waals surface area contributed by atoms with Gasteiger partial charge in [-0.15, -0.1) is 11.3 Å². The van der Waals surface area contributed by atoms with E-state index in [0.29, 0.717) is 13.1 Å². The number of amides is 1. The van der Waals surface area contributed by atoms with Gasteiger partial charge in [0.25, 0.3) is 0 Å². The van der Waals surface area contributed by atoms with Gasteiger partial charge in [0.15, 0.2) is 0 Å². The minimum absolute atomic E-state index is 0.0504. The summed E-state index contributed by atoms with van der Waals surface area (Å²) in [6, 6.07) is 0. The Morgan fingerprint density at radius 1 is 1.73 bits per heavy atom. The summed E-state index contributed by atoms with van der Waals surface area (Å²) in [5, 5.41) is 12.4. The Morgan fingerprint density at radius 2 is 2.53 bits per heavy atom. The molecule has 5 heteroatoms. The summed E-state index contributed by atoms with van der Waals surface area (Å²) in [7, 11) is 0. The van der Waals surface area contributed by atoms with E-state index in [1.807, 2.05) is 12.3 Å². The van der Waals surface area contributed by atoms with Gasteiger partial charge in [0.05, 0.1) is 23.2 Å². The molecular weight excluding hydrogens is 212 g/mol. The number of β-amino-alcohol motifs (C(OH)–C–C–N with tert-alkyl or cyclic N) is 1. The molecule has 0 spiro atoms. The molecule has 0 saturated carbocycles. The van der Waals surface area contributed by atoms with Crippen LogP contribution in [0.5, 0.6) is 0 Å². The Kier molecular flexibility index (Phi) is 3.02. The quantitative estimate of drug-likeness (QED) is 0.820. The highest BCUT2D eigenvalue weighted by Crippen LogP contribution is 2.13. The highest BCUT2D eigenvalue weighted by Gasteiger charge is 2.27. The number of carbonyl (C=O) groups is 1. The van der Waals surface area contributed by atoms with Gasteiger partial charge < -0.3 is 10.0 Å². The molecule has 1 fully saturated rings. The predicted octanol–water partition coefficient (Wildman–Crippen LogP) is 0.587. The molecule has 1 amide bonds. The Bertz CT molecular complexity index is 364. The first-order valence-electron chi connectivity index (χ1n) is 5.02. The Hall–Kier alpha value is -0.940. The van der Waals surface area contributed by atoms with Gasteiger partial charge in [-0.1, -0.05) is 0 Å². The van der Waals surface area contributed by atoms with E-state index in [9.17, 15) is 9.90 Å². The average molecular weight is 226 g/mol. The van der Waals surface area contributed by atoms with Crippen molar-refractivity contribution in [3.63, 3.8) is 0 Å². The van der Waals surface area contributed by atoms with Gasteiger partial charge in [0, 0.05) is 24.9 Å². The van der Waals surface area contributed by atoms with Crippen LogP contribution in [0.1, 0.15) is 17.1 Å². The second-order valence-corrected chi connectivity index (χ2v) is 4.87. The maximum absolute atomic E-state index is 11.4. The van der Waals surface area contributed by atoms with E-state index in [1.54, 1.807) is 16.2 Å². The number of aryl methyl sites for hydroxylation is 1. The van der Waals surface area contributed by atoms with Crippen molar-refractivity contribution in [2.45, 2.75) is 25.9 Å². The molecule has 0 bridgehead atoms. The second kappa shape index (κ2) is 4.28. The van der Waals surface area contributed by atoms with Crippen molar-refractivity contribution in [2.24, 2.45) is 0 Å². The van der Waals surface area contributed by atoms with Gasteiger partial charge in [-0.05, 0) is 6.92 Å². The number of hydrogen-bond donors (Lipinski definition) is 1. The molecule has 4 nitrogen and oxygen atoms in total. The van der Waals surface area contributed by atoms with Gasteiger partial charge in [-0.25, -0.2) is 4.98 Å². The molecule has 1 unspecified atom stereocenters. The van der Waals surface area contributed by atoms with Crippen molar-refractivity contribution in [2.75, 3.05) is 13.1 Å². The van der Waals surface area contributed by atoms with Gasteiger partial charge in [-0.2, -0.15) is 0 Å². The maximum atomic E-state index is 11.4. The molecule has 1 N–H and O–H groups in total. The summed E-state index contributed by atoms with van der Waals surface area (Å²) in [5.74, 6) is 0.0504. The van der Waals surface area contributed by atoms with Gasteiger partial charge in [0.2, 0.25) is 5.91 Å². The minimum atomic E-state index is -0.477. The molecule has 0 aliphatic carbocycles. The normalized spacial score (nSPS) is 21.3. The lowest BCUT2D eigenvalue weighted by Gasteiger charge is -2.14. The molecule has 82 valence electrons. The van der Waals surface area contributed by atoms with Crippen molar-refractivity contribution in [1.82, 2.24) is 9.88 Å². The van der Waals surface area contributed by atoms with E-state index < -0.39 is 6.10 Å². The van der Waals surface area contributed by atoms with E-state index in [-0.39, 0.29) is 12.3 Å². The van der Waals surface area contributed by atoms with Crippen LogP contribution in [0.25, 0.3) is 0 Å². The fourth-order valence-electron chi connectivity index (χ4n) is 1.74. The molecule has 2 rings (SSSR count). The number of thiazole rings is 1. The number of rotatable bonds is 3. The summed E-state index contributed by atoms with van der Waals surface area (Å²) in [4.78, 5) is 17.4. The van der Waals surface area contributed by atoms with Crippen LogP contribution >= 0.6 is 11.3 Å². The molecule has 1 aromatic heterocycles. The third-order valence-corrected chi connectivity index (χ3v) is 3.32. The topological polar surface area (TPSA) is 53.4 Å². The summed E-state index contributed by atoms with van der Waals surface area (Å²) in [6.45, 7) is 3.11. The maximum Gasteiger partial charge on any atom is 0.225 e. The summed E-state index contributed by atoms with van der Waals surface area (Å²) < 4.78 is 0. The Labute approximate surface area is 92.6 Å². The SMILES string of the molecule is Cc1nc(CCN2CC(O)CC2=O)cs1. The molecule has 1 aromatic rings. The van der Waals surface area contributed by atoms with Crippen molar-refractivity contribution in [1.29, 1.82) is 0 Å². The van der Waals surface area contributed by atoms with Crippen LogP contribution in [0.2, 0.25) is 0 Å². The molecule has 1 saturated heterocycles. The van der Waals surface area contributed by atoms with Crippen LogP contribution < -0.4 is 0 Å². The number of aromatic nitrogens is 1. The van der Waals surface area contributed by atoms with E-state index in [2.05, 4.69) is 4.98 Å². The zero-order chi connectivity index (χ0) is 10.8. The predicted molar refractivity (Wildman–Crippen MR) is 57.8 cm³/mol. The number of aliphatic hydroxyl groups is 1. The Morgan fingerprint density at radius 3 is 3.07 bits per heavy atom. The van der Waals surface area contributed by atoms with Crippen molar-refractivity contribution >= 4 is 17.2 Å². The average Bonchev–Trinajstić information content (AvgIpc) is 2.70. The summed E-state index contributed by atoms with van der Waals surface area (Å²) >= 11 is 1.62. The van der Waals surface area contributed by atoms with Crippen LogP contribution in [-0.2, 0) is 11.2 Å². The van der Waals surface area contributed by atoms with Crippen LogP contribution in [0.15, 0.2) is 5.38 Å². The van der Waals surface area contributed by atoms with Crippen molar-refractivity contribution < 1.29 is 9.90 Å². The monoisotopic (exact) mass is 226 g/mol. The van der Waals surface area contributed by atoms with Gasteiger partial charge in [0.1, 0.15) is 0 Å². The van der Waals surface area contributed by atoms with E-state index in [4.69, 9.17) is 0 Å². The largest absolute Gasteiger partial charge is 0.391 e. The zero-order valence-corrected chi connectivity index (χ0v) is 9.46. The summed E-state index contributed by atoms with van der Waals surface area (Å²) in [6.07, 6.45) is 0.577.